The van der Waals surface area contributed by atoms with Gasteiger partial charge in [-0.25, -0.2) is 0 Å². The van der Waals surface area contributed by atoms with E-state index < -0.39 is 0 Å². The normalized spacial score (nSPS) is 15.1. The number of hydrogen-bond donors (Lipinski definition) is 1. The van der Waals surface area contributed by atoms with Gasteiger partial charge >= 0.3 is 0 Å². The molecule has 0 aromatic heterocycles. The molecule has 1 amide bonds. The van der Waals surface area contributed by atoms with Crippen LogP contribution in [0, 0.1) is 0 Å². The molecule has 1 N–H and O–H groups in total. The molecule has 0 saturated carbocycles. The van der Waals surface area contributed by atoms with Crippen molar-refractivity contribution in [2.24, 2.45) is 4.99 Å². The topological polar surface area (TPSA) is 44.7 Å². The average Bonchev–Trinajstić information content (AvgIpc) is 3.36. The van der Waals surface area contributed by atoms with Gasteiger partial charge in [0.25, 0.3) is 0 Å². The van der Waals surface area contributed by atoms with E-state index in [4.69, 9.17) is 0 Å². The third kappa shape index (κ3) is 11.6. The summed E-state index contributed by atoms with van der Waals surface area (Å²) in [4.78, 5) is 20.6. The van der Waals surface area contributed by atoms with Crippen LogP contribution in [-0.4, -0.2) is 49.0 Å². The highest BCUT2D eigenvalue weighted by Crippen LogP contribution is 2.33. The third-order valence-electron chi connectivity index (χ3n) is 6.35. The van der Waals surface area contributed by atoms with Crippen LogP contribution < -0.4 is 5.32 Å². The smallest absolute Gasteiger partial charge is 0.220 e. The SMILES string of the molecule is C=C/C=C\C=C/CCC(CC(=C)CN1CCCC1)NC(=O)CCCSc1cc(C(C)C)ccc1N=C. The average molecular weight is 508 g/mol. The molecule has 1 aromatic carbocycles. The fourth-order valence-corrected chi connectivity index (χ4v) is 5.37. The summed E-state index contributed by atoms with van der Waals surface area (Å²) in [5.41, 5.74) is 3.43. The Labute approximate surface area is 223 Å². The number of nitrogens with one attached hydrogen (secondary N) is 1. The number of nitrogens with zero attached hydrogens (tertiary/aromatic N) is 2. The molecular formula is C31H45N3OS. The molecule has 2 rings (SSSR count). The third-order valence-corrected chi connectivity index (χ3v) is 7.48. The summed E-state index contributed by atoms with van der Waals surface area (Å²) >= 11 is 1.76. The molecule has 36 heavy (non-hydrogen) atoms. The number of carbonyl (C=O) groups excluding carboxylic acids is 1. The molecule has 0 spiro atoms. The van der Waals surface area contributed by atoms with Crippen molar-refractivity contribution in [1.29, 1.82) is 0 Å². The molecule has 1 saturated heterocycles. The number of benzene rings is 1. The Morgan fingerprint density at radius 2 is 2.00 bits per heavy atom. The van der Waals surface area contributed by atoms with E-state index in [1.807, 2.05) is 24.3 Å². The molecule has 1 aliphatic heterocycles. The lowest BCUT2D eigenvalue weighted by atomic mass is 10.0. The predicted molar refractivity (Wildman–Crippen MR) is 159 cm³/mol. The summed E-state index contributed by atoms with van der Waals surface area (Å²) in [5, 5.41) is 3.30. The minimum atomic E-state index is 0.118. The summed E-state index contributed by atoms with van der Waals surface area (Å²) in [6.45, 7) is 19.4. The van der Waals surface area contributed by atoms with E-state index in [1.54, 1.807) is 17.8 Å². The zero-order chi connectivity index (χ0) is 26.2. The lowest BCUT2D eigenvalue weighted by Gasteiger charge is -2.22. The summed E-state index contributed by atoms with van der Waals surface area (Å²) < 4.78 is 0. The molecule has 4 nitrogen and oxygen atoms in total. The van der Waals surface area contributed by atoms with Crippen molar-refractivity contribution in [2.45, 2.75) is 75.6 Å². The second-order valence-electron chi connectivity index (χ2n) is 9.82. The van der Waals surface area contributed by atoms with Crippen molar-refractivity contribution in [2.75, 3.05) is 25.4 Å². The van der Waals surface area contributed by atoms with Gasteiger partial charge in [0.1, 0.15) is 0 Å². The highest BCUT2D eigenvalue weighted by molar-refractivity contribution is 7.99. The maximum atomic E-state index is 12.8. The van der Waals surface area contributed by atoms with Gasteiger partial charge in [-0.05, 0) is 87.7 Å². The fourth-order valence-electron chi connectivity index (χ4n) is 4.36. The number of amides is 1. The van der Waals surface area contributed by atoms with Crippen molar-refractivity contribution in [3.63, 3.8) is 0 Å². The summed E-state index contributed by atoms with van der Waals surface area (Å²) in [6, 6.07) is 6.49. The van der Waals surface area contributed by atoms with Crippen molar-refractivity contribution < 1.29 is 4.79 Å². The summed E-state index contributed by atoms with van der Waals surface area (Å²) in [5.74, 6) is 1.48. The van der Waals surface area contributed by atoms with E-state index in [9.17, 15) is 4.79 Å². The van der Waals surface area contributed by atoms with Gasteiger partial charge in [0, 0.05) is 23.9 Å². The van der Waals surface area contributed by atoms with Crippen LogP contribution >= 0.6 is 11.8 Å². The molecular weight excluding hydrogens is 462 g/mol. The van der Waals surface area contributed by atoms with Gasteiger partial charge in [0.15, 0.2) is 0 Å². The van der Waals surface area contributed by atoms with E-state index in [2.05, 4.69) is 67.1 Å². The first-order chi connectivity index (χ1) is 17.4. The molecule has 0 aliphatic carbocycles. The lowest BCUT2D eigenvalue weighted by Crippen LogP contribution is -2.36. The Morgan fingerprint density at radius 3 is 2.69 bits per heavy atom. The highest BCUT2D eigenvalue weighted by atomic mass is 32.2. The molecule has 1 fully saturated rings. The maximum Gasteiger partial charge on any atom is 0.220 e. The van der Waals surface area contributed by atoms with E-state index >= 15 is 0 Å². The summed E-state index contributed by atoms with van der Waals surface area (Å²) in [6.07, 6.45) is 16.4. The maximum absolute atomic E-state index is 12.8. The Balaban J connectivity index is 1.84. The first kappa shape index (κ1) is 29.9. The van der Waals surface area contributed by atoms with Crippen molar-refractivity contribution in [3.05, 3.63) is 72.9 Å². The zero-order valence-corrected chi connectivity index (χ0v) is 23.2. The van der Waals surface area contributed by atoms with Crippen LogP contribution in [0.25, 0.3) is 0 Å². The number of thioether (sulfide) groups is 1. The Kier molecular flexibility index (Phi) is 14.2. The largest absolute Gasteiger partial charge is 0.353 e. The Morgan fingerprint density at radius 1 is 1.22 bits per heavy atom. The first-order valence-electron chi connectivity index (χ1n) is 13.3. The Bertz CT molecular complexity index is 912. The number of aliphatic imine (C=N–C) groups is 1. The number of allylic oxidation sites excluding steroid dienone is 5. The van der Waals surface area contributed by atoms with Crippen molar-refractivity contribution in [3.8, 4) is 0 Å². The summed E-state index contributed by atoms with van der Waals surface area (Å²) in [7, 11) is 0. The van der Waals surface area contributed by atoms with Crippen LogP contribution in [0.15, 0.2) is 77.2 Å². The number of likely N-dealkylation sites (tertiary alicyclic amines) is 1. The molecule has 1 atom stereocenters. The molecule has 1 aliphatic rings. The van der Waals surface area contributed by atoms with Crippen LogP contribution in [0.5, 0.6) is 0 Å². The van der Waals surface area contributed by atoms with E-state index in [-0.39, 0.29) is 11.9 Å². The minimum Gasteiger partial charge on any atom is -0.353 e. The predicted octanol–water partition coefficient (Wildman–Crippen LogP) is 7.62. The number of carbonyl (C=O) groups is 1. The lowest BCUT2D eigenvalue weighted by molar-refractivity contribution is -0.121. The molecule has 5 heteroatoms. The second-order valence-corrected chi connectivity index (χ2v) is 11.0. The van der Waals surface area contributed by atoms with E-state index in [0.29, 0.717) is 12.3 Å². The number of rotatable bonds is 17. The van der Waals surface area contributed by atoms with Gasteiger partial charge in [-0.2, -0.15) is 0 Å². The van der Waals surface area contributed by atoms with Crippen LogP contribution in [0.1, 0.15) is 70.3 Å². The van der Waals surface area contributed by atoms with E-state index in [0.717, 1.165) is 61.7 Å². The van der Waals surface area contributed by atoms with Crippen LogP contribution in [0.3, 0.4) is 0 Å². The molecule has 196 valence electrons. The van der Waals surface area contributed by atoms with Gasteiger partial charge in [-0.15, -0.1) is 11.8 Å². The minimum absolute atomic E-state index is 0.118. The molecule has 0 bridgehead atoms. The van der Waals surface area contributed by atoms with Gasteiger partial charge in [-0.3, -0.25) is 14.7 Å². The van der Waals surface area contributed by atoms with E-state index in [1.165, 1.54) is 24.0 Å². The number of hydrogen-bond acceptors (Lipinski definition) is 4. The highest BCUT2D eigenvalue weighted by Gasteiger charge is 2.17. The van der Waals surface area contributed by atoms with Gasteiger partial charge in [0.2, 0.25) is 5.91 Å². The van der Waals surface area contributed by atoms with Crippen LogP contribution in [-0.2, 0) is 4.79 Å². The Hall–Kier alpha value is -2.37. The first-order valence-corrected chi connectivity index (χ1v) is 14.3. The van der Waals surface area contributed by atoms with Gasteiger partial charge < -0.3 is 5.32 Å². The fraction of sp³-hybridized carbons (Fsp3) is 0.484. The molecule has 1 aromatic rings. The second kappa shape index (κ2) is 17.1. The monoisotopic (exact) mass is 507 g/mol. The van der Waals surface area contributed by atoms with Gasteiger partial charge in [-0.1, -0.05) is 69.0 Å². The van der Waals surface area contributed by atoms with Crippen molar-refractivity contribution >= 4 is 30.1 Å². The van der Waals surface area contributed by atoms with Gasteiger partial charge in [0.05, 0.1) is 5.69 Å². The zero-order valence-electron chi connectivity index (χ0n) is 22.4. The molecule has 1 unspecified atom stereocenters. The van der Waals surface area contributed by atoms with Crippen molar-refractivity contribution in [1.82, 2.24) is 10.2 Å². The standard InChI is InChI=1S/C31H45N3OS/c1-6-7-8-9-10-11-15-28(22-26(4)24-34-19-12-13-20-34)33-31(35)16-14-21-36-30-23-27(25(2)3)17-18-29(30)32-5/h6-10,17-18,23,25,28H,1,4-5,11-16,19-22,24H2,2-3H3,(H,33,35)/b8-7-,10-9-. The molecule has 1 heterocycles. The quantitative estimate of drug-likeness (QED) is 0.0775. The van der Waals surface area contributed by atoms with Crippen LogP contribution in [0.4, 0.5) is 5.69 Å². The molecule has 0 radical (unpaired) electrons. The van der Waals surface area contributed by atoms with Crippen LogP contribution in [0.2, 0.25) is 0 Å².